The number of hydrogen-bond donors (Lipinski definition) is 2. The number of rotatable bonds is 7. The number of para-hydroxylation sites is 1. The van der Waals surface area contributed by atoms with E-state index >= 15 is 0 Å². The van der Waals surface area contributed by atoms with Crippen molar-refractivity contribution >= 4 is 0 Å². The number of benzene rings is 1. The van der Waals surface area contributed by atoms with Crippen molar-refractivity contribution < 1.29 is 9.84 Å². The molecule has 0 fully saturated rings. The van der Waals surface area contributed by atoms with Crippen molar-refractivity contribution in [1.82, 2.24) is 5.32 Å². The zero-order chi connectivity index (χ0) is 12.7. The van der Waals surface area contributed by atoms with Crippen molar-refractivity contribution in [3.63, 3.8) is 0 Å². The highest BCUT2D eigenvalue weighted by Crippen LogP contribution is 2.22. The van der Waals surface area contributed by atoms with Crippen LogP contribution in [0, 0.1) is 13.8 Å². The first-order valence-electron chi connectivity index (χ1n) is 6.23. The summed E-state index contributed by atoms with van der Waals surface area (Å²) in [6, 6.07) is 6.05. The van der Waals surface area contributed by atoms with Gasteiger partial charge in [-0.2, -0.15) is 0 Å². The third-order valence-electron chi connectivity index (χ3n) is 2.64. The van der Waals surface area contributed by atoms with E-state index < -0.39 is 6.10 Å². The Morgan fingerprint density at radius 1 is 1.29 bits per heavy atom. The summed E-state index contributed by atoms with van der Waals surface area (Å²) in [5.74, 6) is 0.891. The van der Waals surface area contributed by atoms with Gasteiger partial charge in [0.15, 0.2) is 0 Å². The van der Waals surface area contributed by atoms with Gasteiger partial charge in [-0.1, -0.05) is 25.1 Å². The molecule has 96 valence electrons. The lowest BCUT2D eigenvalue weighted by Crippen LogP contribution is -2.32. The zero-order valence-corrected chi connectivity index (χ0v) is 11.0. The van der Waals surface area contributed by atoms with Crippen LogP contribution in [0.3, 0.4) is 0 Å². The molecule has 0 aliphatic carbocycles. The normalized spacial score (nSPS) is 12.5. The van der Waals surface area contributed by atoms with Gasteiger partial charge in [-0.05, 0) is 37.9 Å². The van der Waals surface area contributed by atoms with Gasteiger partial charge in [0.1, 0.15) is 18.5 Å². The van der Waals surface area contributed by atoms with Crippen LogP contribution < -0.4 is 10.1 Å². The van der Waals surface area contributed by atoms with Gasteiger partial charge >= 0.3 is 0 Å². The van der Waals surface area contributed by atoms with Gasteiger partial charge in [0.25, 0.3) is 0 Å². The molecular formula is C14H23NO2. The first kappa shape index (κ1) is 14.0. The molecule has 0 radical (unpaired) electrons. The van der Waals surface area contributed by atoms with Crippen molar-refractivity contribution in [2.45, 2.75) is 33.3 Å². The number of nitrogens with one attached hydrogen (secondary N) is 1. The van der Waals surface area contributed by atoms with Gasteiger partial charge in [-0.3, -0.25) is 0 Å². The van der Waals surface area contributed by atoms with E-state index in [-0.39, 0.29) is 0 Å². The van der Waals surface area contributed by atoms with E-state index in [9.17, 15) is 5.11 Å². The molecule has 3 nitrogen and oxygen atoms in total. The second-order valence-corrected chi connectivity index (χ2v) is 4.39. The minimum Gasteiger partial charge on any atom is -0.490 e. The van der Waals surface area contributed by atoms with Crippen LogP contribution in [0.1, 0.15) is 24.5 Å². The average Bonchev–Trinajstić information content (AvgIpc) is 2.29. The van der Waals surface area contributed by atoms with Crippen LogP contribution in [0.4, 0.5) is 0 Å². The first-order valence-corrected chi connectivity index (χ1v) is 6.23. The molecule has 0 spiro atoms. The number of aliphatic hydroxyl groups excluding tert-OH is 1. The van der Waals surface area contributed by atoms with E-state index in [0.29, 0.717) is 13.2 Å². The summed E-state index contributed by atoms with van der Waals surface area (Å²) in [5, 5.41) is 12.9. The number of ether oxygens (including phenoxy) is 1. The van der Waals surface area contributed by atoms with Crippen molar-refractivity contribution in [2.75, 3.05) is 19.7 Å². The van der Waals surface area contributed by atoms with Crippen LogP contribution >= 0.6 is 0 Å². The fourth-order valence-electron chi connectivity index (χ4n) is 1.71. The Morgan fingerprint density at radius 3 is 2.53 bits per heavy atom. The maximum absolute atomic E-state index is 9.73. The first-order chi connectivity index (χ1) is 8.15. The molecule has 0 saturated heterocycles. The molecule has 0 amide bonds. The van der Waals surface area contributed by atoms with E-state index in [2.05, 4.69) is 12.2 Å². The second kappa shape index (κ2) is 7.30. The van der Waals surface area contributed by atoms with Crippen molar-refractivity contribution in [1.29, 1.82) is 0 Å². The maximum atomic E-state index is 9.73. The minimum absolute atomic E-state index is 0.336. The third kappa shape index (κ3) is 4.75. The number of aryl methyl sites for hydroxylation is 2. The van der Waals surface area contributed by atoms with Crippen LogP contribution in [-0.4, -0.2) is 30.9 Å². The summed E-state index contributed by atoms with van der Waals surface area (Å²) >= 11 is 0. The van der Waals surface area contributed by atoms with Crippen molar-refractivity contribution in [3.8, 4) is 5.75 Å². The summed E-state index contributed by atoms with van der Waals surface area (Å²) in [6.45, 7) is 7.99. The summed E-state index contributed by atoms with van der Waals surface area (Å²) in [6.07, 6.45) is 0.616. The number of hydrogen-bond acceptors (Lipinski definition) is 3. The highest BCUT2D eigenvalue weighted by Gasteiger charge is 2.07. The summed E-state index contributed by atoms with van der Waals surface area (Å²) in [5.41, 5.74) is 2.22. The molecule has 0 aliphatic rings. The topological polar surface area (TPSA) is 41.5 Å². The average molecular weight is 237 g/mol. The van der Waals surface area contributed by atoms with Crippen LogP contribution in [0.25, 0.3) is 0 Å². The standard InChI is InChI=1S/C14H23NO2/c1-4-8-15-9-13(16)10-17-14-11(2)6-5-7-12(14)3/h5-7,13,15-16H,4,8-10H2,1-3H3/t13-/m1/s1. The molecule has 2 N–H and O–H groups in total. The van der Waals surface area contributed by atoms with E-state index in [4.69, 9.17) is 4.74 Å². The maximum Gasteiger partial charge on any atom is 0.125 e. The lowest BCUT2D eigenvalue weighted by molar-refractivity contribution is 0.106. The smallest absolute Gasteiger partial charge is 0.125 e. The quantitative estimate of drug-likeness (QED) is 0.713. The molecule has 0 saturated carbocycles. The largest absolute Gasteiger partial charge is 0.490 e. The Morgan fingerprint density at radius 2 is 1.94 bits per heavy atom. The Labute approximate surface area is 104 Å². The lowest BCUT2D eigenvalue weighted by Gasteiger charge is -2.15. The predicted molar refractivity (Wildman–Crippen MR) is 70.6 cm³/mol. The summed E-state index contributed by atoms with van der Waals surface area (Å²) in [4.78, 5) is 0. The molecule has 0 heterocycles. The Bertz CT molecular complexity index is 319. The van der Waals surface area contributed by atoms with Gasteiger partial charge in [0, 0.05) is 6.54 Å². The fraction of sp³-hybridized carbons (Fsp3) is 0.571. The molecule has 0 bridgehead atoms. The van der Waals surface area contributed by atoms with Crippen LogP contribution in [-0.2, 0) is 0 Å². The van der Waals surface area contributed by atoms with E-state index in [0.717, 1.165) is 29.8 Å². The summed E-state index contributed by atoms with van der Waals surface area (Å²) in [7, 11) is 0. The van der Waals surface area contributed by atoms with Gasteiger partial charge in [0.2, 0.25) is 0 Å². The van der Waals surface area contributed by atoms with Gasteiger partial charge in [0.05, 0.1) is 0 Å². The Balaban J connectivity index is 2.39. The monoisotopic (exact) mass is 237 g/mol. The fourth-order valence-corrected chi connectivity index (χ4v) is 1.71. The SMILES string of the molecule is CCCNC[C@@H](O)COc1c(C)cccc1C. The van der Waals surface area contributed by atoms with Crippen molar-refractivity contribution in [3.05, 3.63) is 29.3 Å². The molecule has 1 aromatic rings. The molecule has 0 aliphatic heterocycles. The molecular weight excluding hydrogens is 214 g/mol. The molecule has 17 heavy (non-hydrogen) atoms. The van der Waals surface area contributed by atoms with Gasteiger partial charge < -0.3 is 15.2 Å². The Hall–Kier alpha value is -1.06. The van der Waals surface area contributed by atoms with E-state index in [1.54, 1.807) is 0 Å². The second-order valence-electron chi connectivity index (χ2n) is 4.39. The lowest BCUT2D eigenvalue weighted by atomic mass is 10.1. The van der Waals surface area contributed by atoms with Gasteiger partial charge in [-0.15, -0.1) is 0 Å². The molecule has 3 heteroatoms. The van der Waals surface area contributed by atoms with Crippen LogP contribution in [0.15, 0.2) is 18.2 Å². The highest BCUT2D eigenvalue weighted by molar-refractivity contribution is 5.39. The summed E-state index contributed by atoms with van der Waals surface area (Å²) < 4.78 is 5.67. The highest BCUT2D eigenvalue weighted by atomic mass is 16.5. The Kier molecular flexibility index (Phi) is 6.01. The predicted octanol–water partition coefficient (Wildman–Crippen LogP) is 2.04. The van der Waals surface area contributed by atoms with E-state index in [1.807, 2.05) is 32.0 Å². The van der Waals surface area contributed by atoms with Crippen molar-refractivity contribution in [2.24, 2.45) is 0 Å². The minimum atomic E-state index is -0.458. The van der Waals surface area contributed by atoms with Crippen LogP contribution in [0.2, 0.25) is 0 Å². The van der Waals surface area contributed by atoms with Gasteiger partial charge in [-0.25, -0.2) is 0 Å². The molecule has 0 aromatic heterocycles. The molecule has 1 aromatic carbocycles. The zero-order valence-electron chi connectivity index (χ0n) is 11.0. The van der Waals surface area contributed by atoms with E-state index in [1.165, 1.54) is 0 Å². The molecule has 0 unspecified atom stereocenters. The molecule has 1 rings (SSSR count). The number of aliphatic hydroxyl groups is 1. The van der Waals surface area contributed by atoms with Crippen LogP contribution in [0.5, 0.6) is 5.75 Å². The third-order valence-corrected chi connectivity index (χ3v) is 2.64. The molecule has 1 atom stereocenters.